The van der Waals surface area contributed by atoms with Gasteiger partial charge in [0.2, 0.25) is 0 Å². The lowest BCUT2D eigenvalue weighted by Gasteiger charge is -2.21. The van der Waals surface area contributed by atoms with Gasteiger partial charge in [-0.15, -0.1) is 0 Å². The van der Waals surface area contributed by atoms with Crippen LogP contribution in [-0.4, -0.2) is 40.3 Å². The van der Waals surface area contributed by atoms with Gasteiger partial charge in [0.15, 0.2) is 0 Å². The van der Waals surface area contributed by atoms with Crippen LogP contribution < -0.4 is 5.32 Å². The van der Waals surface area contributed by atoms with Crippen molar-refractivity contribution in [3.05, 3.63) is 53.3 Å². The monoisotopic (exact) mass is 344 g/mol. The summed E-state index contributed by atoms with van der Waals surface area (Å²) in [6.45, 7) is 2.15. The first-order valence-electron chi connectivity index (χ1n) is 8.44. The minimum Gasteiger partial charge on any atom is -0.337 e. The summed E-state index contributed by atoms with van der Waals surface area (Å²) in [7, 11) is 0. The zero-order valence-electron chi connectivity index (χ0n) is 13.5. The van der Waals surface area contributed by atoms with E-state index in [1.54, 1.807) is 6.20 Å². The van der Waals surface area contributed by atoms with E-state index in [-0.39, 0.29) is 17.5 Å². The maximum absolute atomic E-state index is 12.5. The molecule has 0 radical (unpaired) electrons. The number of carbonyl (C=O) groups is 1. The normalized spacial score (nSPS) is 21.7. The molecule has 5 nitrogen and oxygen atoms in total. The molecule has 6 heteroatoms. The van der Waals surface area contributed by atoms with E-state index in [1.807, 2.05) is 21.8 Å². The van der Waals surface area contributed by atoms with Crippen LogP contribution in [0.5, 0.6) is 0 Å². The average Bonchev–Trinajstić information content (AvgIpc) is 3.02. The Kier molecular flexibility index (Phi) is 3.96. The molecule has 2 aromatic rings. The van der Waals surface area contributed by atoms with Crippen LogP contribution in [0.1, 0.15) is 30.9 Å². The van der Waals surface area contributed by atoms with E-state index in [4.69, 9.17) is 11.6 Å². The van der Waals surface area contributed by atoms with Crippen molar-refractivity contribution in [1.82, 2.24) is 20.0 Å². The minimum atomic E-state index is 0.0259. The quantitative estimate of drug-likeness (QED) is 0.925. The van der Waals surface area contributed by atoms with Gasteiger partial charge in [-0.25, -0.2) is 4.79 Å². The highest BCUT2D eigenvalue weighted by molar-refractivity contribution is 6.30. The van der Waals surface area contributed by atoms with Crippen molar-refractivity contribution in [1.29, 1.82) is 0 Å². The third kappa shape index (κ3) is 3.00. The molecule has 2 amide bonds. The topological polar surface area (TPSA) is 50.2 Å². The fourth-order valence-electron chi connectivity index (χ4n) is 3.52. The molecule has 1 saturated heterocycles. The Balaban J connectivity index is 1.33. The van der Waals surface area contributed by atoms with E-state index < -0.39 is 0 Å². The molecule has 126 valence electrons. The van der Waals surface area contributed by atoms with Crippen molar-refractivity contribution < 1.29 is 4.79 Å². The van der Waals surface area contributed by atoms with E-state index in [0.717, 1.165) is 25.8 Å². The second-order valence-corrected chi connectivity index (χ2v) is 7.27. The van der Waals surface area contributed by atoms with Crippen molar-refractivity contribution in [3.8, 4) is 0 Å². The number of nitrogens with zero attached hydrogens (tertiary/aromatic N) is 3. The number of carbonyl (C=O) groups excluding carboxylic acids is 1. The van der Waals surface area contributed by atoms with Gasteiger partial charge in [0.1, 0.15) is 0 Å². The van der Waals surface area contributed by atoms with Crippen LogP contribution >= 0.6 is 11.6 Å². The summed E-state index contributed by atoms with van der Waals surface area (Å²) in [6, 6.07) is 10.7. The number of rotatable bonds is 4. The summed E-state index contributed by atoms with van der Waals surface area (Å²) in [5, 5.41) is 8.02. The van der Waals surface area contributed by atoms with Crippen molar-refractivity contribution in [2.24, 2.45) is 0 Å². The van der Waals surface area contributed by atoms with Gasteiger partial charge in [0.25, 0.3) is 0 Å². The van der Waals surface area contributed by atoms with Crippen molar-refractivity contribution >= 4 is 17.6 Å². The summed E-state index contributed by atoms with van der Waals surface area (Å²) in [5.74, 6) is 0. The second kappa shape index (κ2) is 6.13. The first-order valence-corrected chi connectivity index (χ1v) is 8.82. The lowest BCUT2D eigenvalue weighted by atomic mass is 9.96. The Bertz CT molecular complexity index is 726. The predicted molar refractivity (Wildman–Crippen MR) is 93.2 cm³/mol. The zero-order chi connectivity index (χ0) is 16.6. The largest absolute Gasteiger partial charge is 0.337 e. The molecule has 1 aromatic carbocycles. The molecular weight excluding hydrogens is 324 g/mol. The fourth-order valence-corrected chi connectivity index (χ4v) is 3.67. The molecule has 1 unspecified atom stereocenters. The van der Waals surface area contributed by atoms with Crippen molar-refractivity contribution in [3.63, 3.8) is 0 Å². The molecular formula is C18H21ClN4O. The molecule has 1 N–H and O–H groups in total. The van der Waals surface area contributed by atoms with Gasteiger partial charge in [0.05, 0.1) is 17.3 Å². The zero-order valence-corrected chi connectivity index (χ0v) is 14.2. The van der Waals surface area contributed by atoms with E-state index in [0.29, 0.717) is 18.1 Å². The van der Waals surface area contributed by atoms with Gasteiger partial charge in [0, 0.05) is 31.2 Å². The van der Waals surface area contributed by atoms with Crippen LogP contribution in [0, 0.1) is 0 Å². The molecule has 0 bridgehead atoms. The number of aromatic nitrogens is 2. The fraction of sp³-hybridized carbons (Fsp3) is 0.444. The Hall–Kier alpha value is -2.01. The van der Waals surface area contributed by atoms with Gasteiger partial charge < -0.3 is 10.2 Å². The van der Waals surface area contributed by atoms with E-state index in [2.05, 4.69) is 34.7 Å². The molecule has 24 heavy (non-hydrogen) atoms. The Morgan fingerprint density at radius 2 is 2.12 bits per heavy atom. The van der Waals surface area contributed by atoms with Gasteiger partial charge in [-0.05, 0) is 24.8 Å². The van der Waals surface area contributed by atoms with Gasteiger partial charge in [-0.1, -0.05) is 41.9 Å². The highest BCUT2D eigenvalue weighted by Crippen LogP contribution is 2.47. The Labute approximate surface area is 146 Å². The van der Waals surface area contributed by atoms with Crippen LogP contribution in [0.25, 0.3) is 0 Å². The van der Waals surface area contributed by atoms with Gasteiger partial charge >= 0.3 is 6.03 Å². The number of amides is 2. The maximum Gasteiger partial charge on any atom is 0.317 e. The van der Waals surface area contributed by atoms with Gasteiger partial charge in [-0.2, -0.15) is 5.10 Å². The summed E-state index contributed by atoms with van der Waals surface area (Å²) >= 11 is 5.93. The summed E-state index contributed by atoms with van der Waals surface area (Å²) < 4.78 is 1.86. The molecule has 1 atom stereocenters. The minimum absolute atomic E-state index is 0.0259. The number of likely N-dealkylation sites (tertiary alicyclic amines) is 1. The number of urea groups is 1. The third-order valence-electron chi connectivity index (χ3n) is 5.21. The number of halogens is 1. The molecule has 2 fully saturated rings. The number of nitrogens with one attached hydrogen (secondary N) is 1. The molecule has 1 saturated carbocycles. The van der Waals surface area contributed by atoms with E-state index >= 15 is 0 Å². The highest BCUT2D eigenvalue weighted by Gasteiger charge is 2.44. The molecule has 1 aliphatic carbocycles. The highest BCUT2D eigenvalue weighted by atomic mass is 35.5. The lowest BCUT2D eigenvalue weighted by molar-refractivity contribution is 0.205. The van der Waals surface area contributed by atoms with E-state index in [9.17, 15) is 4.79 Å². The third-order valence-corrected chi connectivity index (χ3v) is 5.41. The number of hydrogen-bond acceptors (Lipinski definition) is 2. The average molecular weight is 345 g/mol. The Morgan fingerprint density at radius 3 is 2.79 bits per heavy atom. The predicted octanol–water partition coefficient (Wildman–Crippen LogP) is 3.22. The van der Waals surface area contributed by atoms with Crippen LogP contribution in [-0.2, 0) is 5.41 Å². The molecule has 0 spiro atoms. The van der Waals surface area contributed by atoms with Crippen molar-refractivity contribution in [2.75, 3.05) is 19.6 Å². The smallest absolute Gasteiger partial charge is 0.317 e. The number of benzene rings is 1. The molecule has 1 aromatic heterocycles. The molecule has 2 heterocycles. The molecule has 1 aliphatic heterocycles. The molecule has 2 aliphatic rings. The first-order chi connectivity index (χ1) is 11.7. The van der Waals surface area contributed by atoms with Crippen molar-refractivity contribution in [2.45, 2.75) is 30.7 Å². The standard InChI is InChI=1S/C18H21ClN4O/c19-15-10-21-23(11-15)16-6-9-22(12-16)17(24)20-13-18(7-8-18)14-4-2-1-3-5-14/h1-5,10-11,16H,6-9,12-13H2,(H,20,24). The summed E-state index contributed by atoms with van der Waals surface area (Å²) in [5.41, 5.74) is 1.47. The first kappa shape index (κ1) is 15.5. The van der Waals surface area contributed by atoms with Gasteiger partial charge in [-0.3, -0.25) is 4.68 Å². The molecule has 4 rings (SSSR count). The second-order valence-electron chi connectivity index (χ2n) is 6.83. The SMILES string of the molecule is O=C(NCC1(c2ccccc2)CC1)N1CCC(n2cc(Cl)cn2)C1. The lowest BCUT2D eigenvalue weighted by Crippen LogP contribution is -2.42. The van der Waals surface area contributed by atoms with Crippen LogP contribution in [0.4, 0.5) is 4.79 Å². The Morgan fingerprint density at radius 1 is 1.33 bits per heavy atom. The van der Waals surface area contributed by atoms with Crippen LogP contribution in [0.3, 0.4) is 0 Å². The summed E-state index contributed by atoms with van der Waals surface area (Å²) in [4.78, 5) is 14.4. The summed E-state index contributed by atoms with van der Waals surface area (Å²) in [6.07, 6.45) is 6.66. The van der Waals surface area contributed by atoms with Crippen LogP contribution in [0.2, 0.25) is 5.02 Å². The number of hydrogen-bond donors (Lipinski definition) is 1. The van der Waals surface area contributed by atoms with Crippen LogP contribution in [0.15, 0.2) is 42.7 Å². The maximum atomic E-state index is 12.5. The van der Waals surface area contributed by atoms with E-state index in [1.165, 1.54) is 5.56 Å².